The number of amides is 1. The molecule has 1 saturated heterocycles. The Morgan fingerprint density at radius 1 is 0.590 bits per heavy atom. The molecule has 1 aliphatic rings. The van der Waals surface area contributed by atoms with Gasteiger partial charge >= 0.3 is 0 Å². The fraction of sp³-hybridized carbons (Fsp3) is 0.784. The molecule has 0 aromatic heterocycles. The molecule has 0 aromatic carbocycles. The first kappa shape index (κ1) is 56.9. The Morgan fingerprint density at radius 2 is 1.07 bits per heavy atom. The first-order chi connectivity index (χ1) is 29.8. The molecule has 1 rings (SSSR count). The summed E-state index contributed by atoms with van der Waals surface area (Å²) in [6.07, 6.45) is 43.1. The van der Waals surface area contributed by atoms with Gasteiger partial charge < -0.3 is 45.4 Å². The molecule has 0 radical (unpaired) electrons. The van der Waals surface area contributed by atoms with Crippen molar-refractivity contribution in [1.82, 2.24) is 5.32 Å². The van der Waals surface area contributed by atoms with Gasteiger partial charge in [-0.2, -0.15) is 0 Å². The van der Waals surface area contributed by atoms with Gasteiger partial charge in [-0.05, 0) is 70.6 Å². The average Bonchev–Trinajstić information content (AvgIpc) is 3.26. The van der Waals surface area contributed by atoms with Crippen LogP contribution in [0.25, 0.3) is 0 Å². The lowest BCUT2D eigenvalue weighted by Gasteiger charge is -2.40. The lowest BCUT2D eigenvalue weighted by molar-refractivity contribution is -0.302. The summed E-state index contributed by atoms with van der Waals surface area (Å²) in [6, 6.07) is -1.00. The molecule has 61 heavy (non-hydrogen) atoms. The standard InChI is InChI=1S/C51H91NO9/c1-3-5-7-9-11-13-15-17-19-21-22-23-24-26-28-30-32-34-36-38-40-45(55)50(59)52-43(42-60-51-49(58)48(57)47(56)46(41-53)61-51)44(54)39-37-35-33-31-29-27-25-20-18-16-14-12-10-8-6-4-2/h5,7,11,13,18,20,29,31,37,39,43-49,51,53-58H,3-4,6,8-10,12,14-17,19,21-28,30,32-36,38,40-42H2,1-2H3,(H,52,59)/b7-5-,13-11-,20-18+,31-29+,39-37+. The number of unbranched alkanes of at least 4 members (excludes halogenated alkanes) is 21. The van der Waals surface area contributed by atoms with Crippen molar-refractivity contribution >= 4 is 5.91 Å². The monoisotopic (exact) mass is 862 g/mol. The molecule has 1 fully saturated rings. The second kappa shape index (κ2) is 40.6. The second-order valence-corrected chi connectivity index (χ2v) is 17.0. The van der Waals surface area contributed by atoms with E-state index in [9.17, 15) is 35.4 Å². The number of aliphatic hydroxyl groups is 6. The Bertz CT molecular complexity index is 1150. The molecule has 1 heterocycles. The van der Waals surface area contributed by atoms with Crippen LogP contribution in [-0.4, -0.2) is 98.7 Å². The maximum absolute atomic E-state index is 13.1. The van der Waals surface area contributed by atoms with Crippen LogP contribution in [-0.2, 0) is 14.3 Å². The number of ether oxygens (including phenoxy) is 2. The van der Waals surface area contributed by atoms with Gasteiger partial charge in [-0.15, -0.1) is 0 Å². The Balaban J connectivity index is 2.39. The summed E-state index contributed by atoms with van der Waals surface area (Å²) in [5.74, 6) is -0.633. The number of aliphatic hydroxyl groups excluding tert-OH is 6. The topological polar surface area (TPSA) is 169 Å². The summed E-state index contributed by atoms with van der Waals surface area (Å²) in [4.78, 5) is 13.1. The Hall–Kier alpha value is -2.15. The summed E-state index contributed by atoms with van der Waals surface area (Å²) in [6.45, 7) is 3.47. The van der Waals surface area contributed by atoms with Gasteiger partial charge in [0.1, 0.15) is 30.5 Å². The number of hydrogen-bond donors (Lipinski definition) is 7. The van der Waals surface area contributed by atoms with Crippen molar-refractivity contribution in [2.75, 3.05) is 13.2 Å². The summed E-state index contributed by atoms with van der Waals surface area (Å²) in [7, 11) is 0. The van der Waals surface area contributed by atoms with E-state index >= 15 is 0 Å². The van der Waals surface area contributed by atoms with Crippen molar-refractivity contribution in [1.29, 1.82) is 0 Å². The maximum Gasteiger partial charge on any atom is 0.249 e. The molecule has 8 unspecified atom stereocenters. The predicted octanol–water partition coefficient (Wildman–Crippen LogP) is 9.75. The number of hydrogen-bond acceptors (Lipinski definition) is 9. The molecule has 0 saturated carbocycles. The number of nitrogens with one attached hydrogen (secondary N) is 1. The van der Waals surface area contributed by atoms with Crippen LogP contribution in [0.3, 0.4) is 0 Å². The molecule has 10 nitrogen and oxygen atoms in total. The van der Waals surface area contributed by atoms with Crippen LogP contribution in [0, 0.1) is 0 Å². The van der Waals surface area contributed by atoms with Crippen molar-refractivity contribution in [3.05, 3.63) is 60.8 Å². The zero-order chi connectivity index (χ0) is 44.6. The number of carbonyl (C=O) groups is 1. The van der Waals surface area contributed by atoms with E-state index < -0.39 is 61.5 Å². The van der Waals surface area contributed by atoms with Crippen LogP contribution < -0.4 is 5.32 Å². The molecule has 0 aliphatic carbocycles. The van der Waals surface area contributed by atoms with Crippen molar-refractivity contribution < 1.29 is 44.9 Å². The van der Waals surface area contributed by atoms with E-state index in [1.54, 1.807) is 6.08 Å². The molecule has 1 aliphatic heterocycles. The van der Waals surface area contributed by atoms with Gasteiger partial charge in [-0.1, -0.05) is 184 Å². The highest BCUT2D eigenvalue weighted by Crippen LogP contribution is 2.23. The van der Waals surface area contributed by atoms with E-state index in [2.05, 4.69) is 67.8 Å². The van der Waals surface area contributed by atoms with Crippen molar-refractivity contribution in [2.45, 2.75) is 243 Å². The van der Waals surface area contributed by atoms with Gasteiger partial charge in [0.25, 0.3) is 0 Å². The van der Waals surface area contributed by atoms with Crippen molar-refractivity contribution in [2.24, 2.45) is 0 Å². The zero-order valence-corrected chi connectivity index (χ0v) is 38.5. The summed E-state index contributed by atoms with van der Waals surface area (Å²) >= 11 is 0. The highest BCUT2D eigenvalue weighted by molar-refractivity contribution is 5.80. The van der Waals surface area contributed by atoms with Crippen LogP contribution in [0.5, 0.6) is 0 Å². The zero-order valence-electron chi connectivity index (χ0n) is 38.5. The summed E-state index contributed by atoms with van der Waals surface area (Å²) in [5.41, 5.74) is 0. The van der Waals surface area contributed by atoms with Crippen LogP contribution >= 0.6 is 0 Å². The normalized spacial score (nSPS) is 21.5. The van der Waals surface area contributed by atoms with E-state index in [0.29, 0.717) is 19.3 Å². The fourth-order valence-corrected chi connectivity index (χ4v) is 7.41. The molecule has 1 amide bonds. The minimum atomic E-state index is -1.62. The Labute approximate surface area is 371 Å². The van der Waals surface area contributed by atoms with E-state index in [-0.39, 0.29) is 6.61 Å². The number of rotatable bonds is 40. The Kier molecular flexibility index (Phi) is 37.9. The number of carbonyl (C=O) groups excluding carboxylic acids is 1. The molecule has 8 atom stereocenters. The summed E-state index contributed by atoms with van der Waals surface area (Å²) < 4.78 is 11.1. The van der Waals surface area contributed by atoms with E-state index in [1.165, 1.54) is 103 Å². The summed E-state index contributed by atoms with van der Waals surface area (Å²) in [5, 5.41) is 64.7. The molecular formula is C51H91NO9. The third-order valence-corrected chi connectivity index (χ3v) is 11.4. The van der Waals surface area contributed by atoms with Crippen LogP contribution in [0.4, 0.5) is 0 Å². The van der Waals surface area contributed by atoms with Crippen molar-refractivity contribution in [3.8, 4) is 0 Å². The van der Waals surface area contributed by atoms with Gasteiger partial charge in [0.15, 0.2) is 6.29 Å². The van der Waals surface area contributed by atoms with E-state index in [1.807, 2.05) is 6.08 Å². The van der Waals surface area contributed by atoms with E-state index in [4.69, 9.17) is 9.47 Å². The molecular weight excluding hydrogens is 771 g/mol. The molecule has 10 heteroatoms. The van der Waals surface area contributed by atoms with E-state index in [0.717, 1.165) is 57.8 Å². The van der Waals surface area contributed by atoms with Crippen LogP contribution in [0.1, 0.15) is 194 Å². The Morgan fingerprint density at radius 3 is 1.61 bits per heavy atom. The fourth-order valence-electron chi connectivity index (χ4n) is 7.41. The van der Waals surface area contributed by atoms with Gasteiger partial charge in [0.05, 0.1) is 25.4 Å². The van der Waals surface area contributed by atoms with Gasteiger partial charge in [-0.3, -0.25) is 4.79 Å². The van der Waals surface area contributed by atoms with Gasteiger partial charge in [0.2, 0.25) is 5.91 Å². The molecule has 7 N–H and O–H groups in total. The molecule has 0 bridgehead atoms. The first-order valence-electron chi connectivity index (χ1n) is 24.6. The SMILES string of the molecule is CC/C=C\C/C=C\CCCCCCCCCCCCCCCC(O)C(=O)NC(COC1OC(CO)C(O)C(O)C1O)C(O)/C=C/CC/C=C/CC/C=C/CCCCCCCC. The van der Waals surface area contributed by atoms with Crippen LogP contribution in [0.2, 0.25) is 0 Å². The average molecular weight is 862 g/mol. The molecule has 0 spiro atoms. The minimum Gasteiger partial charge on any atom is -0.394 e. The third-order valence-electron chi connectivity index (χ3n) is 11.4. The van der Waals surface area contributed by atoms with Gasteiger partial charge in [0, 0.05) is 0 Å². The number of allylic oxidation sites excluding steroid dienone is 9. The van der Waals surface area contributed by atoms with Crippen molar-refractivity contribution in [3.63, 3.8) is 0 Å². The second-order valence-electron chi connectivity index (χ2n) is 17.0. The lowest BCUT2D eigenvalue weighted by Crippen LogP contribution is -2.60. The third kappa shape index (κ3) is 30.6. The minimum absolute atomic E-state index is 0.298. The smallest absolute Gasteiger partial charge is 0.249 e. The van der Waals surface area contributed by atoms with Gasteiger partial charge in [-0.25, -0.2) is 0 Å². The van der Waals surface area contributed by atoms with Crippen LogP contribution in [0.15, 0.2) is 60.8 Å². The maximum atomic E-state index is 13.1. The first-order valence-corrected chi connectivity index (χ1v) is 24.6. The quantitative estimate of drug-likeness (QED) is 0.0234. The molecule has 354 valence electrons. The lowest BCUT2D eigenvalue weighted by atomic mass is 9.99. The largest absolute Gasteiger partial charge is 0.394 e. The predicted molar refractivity (Wildman–Crippen MR) is 250 cm³/mol. The highest BCUT2D eigenvalue weighted by Gasteiger charge is 2.44. The highest BCUT2D eigenvalue weighted by atomic mass is 16.7. The molecule has 0 aromatic rings.